The van der Waals surface area contributed by atoms with E-state index in [1.54, 1.807) is 23.5 Å². The first-order valence-corrected chi connectivity index (χ1v) is 12.6. The molecule has 2 aliphatic heterocycles. The Bertz CT molecular complexity index is 561. The third-order valence-electron chi connectivity index (χ3n) is 4.38. The summed E-state index contributed by atoms with van der Waals surface area (Å²) >= 11 is 25.8. The fraction of sp³-hybridized carbons (Fsp3) is 0.667. The fourth-order valence-corrected chi connectivity index (χ4v) is 6.85. The van der Waals surface area contributed by atoms with Crippen LogP contribution in [-0.2, 0) is 0 Å². The van der Waals surface area contributed by atoms with Gasteiger partial charge in [0.05, 0.1) is 9.81 Å². The zero-order chi connectivity index (χ0) is 19.1. The summed E-state index contributed by atoms with van der Waals surface area (Å²) in [6, 6.07) is 0. The van der Waals surface area contributed by atoms with Gasteiger partial charge >= 0.3 is 0 Å². The van der Waals surface area contributed by atoms with E-state index in [0.29, 0.717) is 0 Å². The van der Waals surface area contributed by atoms with Crippen molar-refractivity contribution in [2.24, 2.45) is 0 Å². The van der Waals surface area contributed by atoms with Crippen molar-refractivity contribution in [1.29, 1.82) is 0 Å². The lowest BCUT2D eigenvalue weighted by Crippen LogP contribution is -2.29. The molecule has 26 heavy (non-hydrogen) atoms. The van der Waals surface area contributed by atoms with Gasteiger partial charge in [-0.1, -0.05) is 125 Å². The third-order valence-corrected chi connectivity index (χ3v) is 8.55. The van der Waals surface area contributed by atoms with Crippen molar-refractivity contribution < 1.29 is 0 Å². The summed E-state index contributed by atoms with van der Waals surface area (Å²) in [4.78, 5) is 7.93. The Kier molecular flexibility index (Phi) is 9.96. The van der Waals surface area contributed by atoms with E-state index in [9.17, 15) is 0 Å². The molecule has 2 saturated heterocycles. The van der Waals surface area contributed by atoms with Crippen LogP contribution < -0.4 is 0 Å². The van der Waals surface area contributed by atoms with Gasteiger partial charge in [0.1, 0.15) is 18.6 Å². The minimum absolute atomic E-state index is 0.831. The Morgan fingerprint density at radius 2 is 1.00 bits per heavy atom. The van der Waals surface area contributed by atoms with Crippen molar-refractivity contribution in [1.82, 2.24) is 9.80 Å². The molecule has 0 bridgehead atoms. The third kappa shape index (κ3) is 5.70. The average Bonchev–Trinajstić information content (AvgIpc) is 3.05. The maximum Gasteiger partial charge on any atom is 0.146 e. The number of thiocarbonyl (C=S) groups is 4. The molecule has 0 aromatic carbocycles. The largest absolute Gasteiger partial charge is 0.317 e. The molecule has 0 aromatic heterocycles. The van der Waals surface area contributed by atoms with E-state index in [-0.39, 0.29) is 0 Å². The lowest BCUT2D eigenvalue weighted by Gasteiger charge is -2.17. The molecule has 0 radical (unpaired) electrons. The van der Waals surface area contributed by atoms with Crippen molar-refractivity contribution in [3.63, 3.8) is 0 Å². The van der Waals surface area contributed by atoms with Gasteiger partial charge in [-0.25, -0.2) is 0 Å². The van der Waals surface area contributed by atoms with Crippen LogP contribution in [0.15, 0.2) is 9.81 Å². The molecule has 2 rings (SSSR count). The Morgan fingerprint density at radius 3 is 1.35 bits per heavy atom. The van der Waals surface area contributed by atoms with Gasteiger partial charge in [0.15, 0.2) is 0 Å². The summed E-state index contributed by atoms with van der Waals surface area (Å²) in [7, 11) is 0. The Labute approximate surface area is 187 Å². The van der Waals surface area contributed by atoms with Gasteiger partial charge in [-0.05, 0) is 12.8 Å². The maximum atomic E-state index is 5.73. The van der Waals surface area contributed by atoms with Gasteiger partial charge in [-0.3, -0.25) is 0 Å². The van der Waals surface area contributed by atoms with E-state index >= 15 is 0 Å². The molecule has 2 heterocycles. The summed E-state index contributed by atoms with van der Waals surface area (Å²) in [5.41, 5.74) is 0. The molecule has 2 nitrogen and oxygen atoms in total. The zero-order valence-electron chi connectivity index (χ0n) is 15.4. The van der Waals surface area contributed by atoms with Gasteiger partial charge in [0, 0.05) is 13.1 Å². The molecule has 0 N–H and O–H groups in total. The van der Waals surface area contributed by atoms with Crippen LogP contribution in [0.5, 0.6) is 0 Å². The first-order chi connectivity index (χ1) is 12.5. The van der Waals surface area contributed by atoms with Crippen LogP contribution in [0.2, 0.25) is 0 Å². The lowest BCUT2D eigenvalue weighted by atomic mass is 10.2. The van der Waals surface area contributed by atoms with Crippen LogP contribution in [0, 0.1) is 0 Å². The van der Waals surface area contributed by atoms with Gasteiger partial charge in [-0.15, -0.1) is 0 Å². The monoisotopic (exact) mass is 462 g/mol. The molecule has 0 saturated carbocycles. The van der Waals surface area contributed by atoms with E-state index in [2.05, 4.69) is 23.6 Å². The molecule has 0 aliphatic carbocycles. The van der Waals surface area contributed by atoms with Gasteiger partial charge in [-0.2, -0.15) is 0 Å². The van der Waals surface area contributed by atoms with Gasteiger partial charge in [0.2, 0.25) is 0 Å². The highest BCUT2D eigenvalue weighted by atomic mass is 32.2. The number of thioether (sulfide) groups is 2. The van der Waals surface area contributed by atoms with Crippen LogP contribution in [0.4, 0.5) is 0 Å². The maximum absolute atomic E-state index is 5.73. The van der Waals surface area contributed by atoms with E-state index in [0.717, 1.165) is 54.4 Å². The molecule has 0 amide bonds. The standard InChI is InChI=1S/C18H26N2S6/c1-3-5-7-9-11-19-15(21)13(25-17(19)23)14-16(22)20(18(24)26-14)12-10-8-6-4-2/h3-12H2,1-2H3/b14-13+. The molecule has 144 valence electrons. The predicted molar refractivity (Wildman–Crippen MR) is 134 cm³/mol. The smallest absolute Gasteiger partial charge is 0.146 e. The predicted octanol–water partition coefficient (Wildman–Crippen LogP) is 6.68. The number of hydrogen-bond acceptors (Lipinski definition) is 6. The molecule has 2 fully saturated rings. The average molecular weight is 463 g/mol. The van der Waals surface area contributed by atoms with Crippen molar-refractivity contribution in [3.8, 4) is 0 Å². The molecule has 8 heteroatoms. The zero-order valence-corrected chi connectivity index (χ0v) is 20.3. The molecule has 0 atom stereocenters. The number of hydrogen-bond donors (Lipinski definition) is 0. The van der Waals surface area contributed by atoms with Crippen molar-refractivity contribution in [2.45, 2.75) is 65.2 Å². The molecule has 0 unspecified atom stereocenters. The van der Waals surface area contributed by atoms with E-state index in [4.69, 9.17) is 48.9 Å². The summed E-state index contributed by atoms with van der Waals surface area (Å²) < 4.78 is 1.70. The highest BCUT2D eigenvalue weighted by molar-refractivity contribution is 8.30. The van der Waals surface area contributed by atoms with E-state index in [1.807, 2.05) is 0 Å². The van der Waals surface area contributed by atoms with Crippen LogP contribution >= 0.6 is 72.4 Å². The molecular formula is C18H26N2S6. The van der Waals surface area contributed by atoms with Gasteiger partial charge in [0.25, 0.3) is 0 Å². The Balaban J connectivity index is 2.02. The SMILES string of the molecule is CCCCCCN1C(=S)S/C(=C2/SC(=S)N(CCCCCC)C2=S)C1=S. The second kappa shape index (κ2) is 11.4. The fourth-order valence-electron chi connectivity index (χ4n) is 2.85. The van der Waals surface area contributed by atoms with Gasteiger partial charge < -0.3 is 9.80 Å². The van der Waals surface area contributed by atoms with E-state index in [1.165, 1.54) is 38.5 Å². The number of rotatable bonds is 10. The molecule has 0 aromatic rings. The number of unbranched alkanes of at least 4 members (excludes halogenated alkanes) is 6. The molecular weight excluding hydrogens is 437 g/mol. The van der Waals surface area contributed by atoms with Crippen molar-refractivity contribution in [2.75, 3.05) is 13.1 Å². The second-order valence-electron chi connectivity index (χ2n) is 6.43. The van der Waals surface area contributed by atoms with E-state index < -0.39 is 0 Å². The van der Waals surface area contributed by atoms with Crippen LogP contribution in [0.25, 0.3) is 0 Å². The number of nitrogens with zero attached hydrogens (tertiary/aromatic N) is 2. The highest BCUT2D eigenvalue weighted by Gasteiger charge is 2.37. The highest BCUT2D eigenvalue weighted by Crippen LogP contribution is 2.43. The minimum atomic E-state index is 0.831. The van der Waals surface area contributed by atoms with Crippen molar-refractivity contribution >= 4 is 91.0 Å². The minimum Gasteiger partial charge on any atom is -0.317 e. The Hall–Kier alpha value is 0.400. The summed E-state index contributed by atoms with van der Waals surface area (Å²) in [6.45, 7) is 6.26. The lowest BCUT2D eigenvalue weighted by molar-refractivity contribution is 0.560. The normalized spacial score (nSPS) is 20.8. The summed E-state index contributed by atoms with van der Waals surface area (Å²) in [5.74, 6) is 0. The van der Waals surface area contributed by atoms with Crippen LogP contribution in [0.3, 0.4) is 0 Å². The van der Waals surface area contributed by atoms with Crippen LogP contribution in [-0.4, -0.2) is 41.5 Å². The Morgan fingerprint density at radius 1 is 0.615 bits per heavy atom. The summed E-state index contributed by atoms with van der Waals surface area (Å²) in [6.07, 6.45) is 9.67. The van der Waals surface area contributed by atoms with Crippen molar-refractivity contribution in [3.05, 3.63) is 9.81 Å². The second-order valence-corrected chi connectivity index (χ2v) is 10.5. The van der Waals surface area contributed by atoms with Crippen LogP contribution in [0.1, 0.15) is 65.2 Å². The quantitative estimate of drug-likeness (QED) is 0.199. The first-order valence-electron chi connectivity index (χ1n) is 9.32. The first kappa shape index (κ1) is 22.7. The molecule has 0 spiro atoms. The molecule has 2 aliphatic rings. The topological polar surface area (TPSA) is 6.48 Å². The summed E-state index contributed by atoms with van der Waals surface area (Å²) in [5, 5.41) is 0.